The van der Waals surface area contributed by atoms with E-state index in [2.05, 4.69) is 10.2 Å². The zero-order valence-electron chi connectivity index (χ0n) is 16.1. The van der Waals surface area contributed by atoms with Crippen molar-refractivity contribution in [3.63, 3.8) is 0 Å². The molecule has 1 aliphatic rings. The smallest absolute Gasteiger partial charge is 0.291 e. The van der Waals surface area contributed by atoms with Crippen molar-refractivity contribution in [2.75, 3.05) is 37.5 Å². The average molecular weight is 380 g/mol. The number of fused-ring (bicyclic) bond motifs is 1. The standard InChI is InChI=1S/C22H24N2O4/c1-26-18-10-12-24(13-11-18)17-8-6-16(7-9-17)23-22(25)20-14-15-4-3-5-19(27-2)21(15)28-20/h3-9,14,18H,10-13H2,1-2H3,(H,23,25). The molecule has 1 aliphatic heterocycles. The van der Waals surface area contributed by atoms with E-state index in [1.54, 1.807) is 20.3 Å². The van der Waals surface area contributed by atoms with Crippen LogP contribution in [0.15, 0.2) is 52.9 Å². The van der Waals surface area contributed by atoms with Gasteiger partial charge in [0.15, 0.2) is 17.1 Å². The number of piperidine rings is 1. The minimum atomic E-state index is -0.285. The van der Waals surface area contributed by atoms with E-state index < -0.39 is 0 Å². The van der Waals surface area contributed by atoms with Gasteiger partial charge in [-0.25, -0.2) is 0 Å². The molecule has 6 heteroatoms. The summed E-state index contributed by atoms with van der Waals surface area (Å²) < 4.78 is 16.4. The number of furan rings is 1. The zero-order valence-corrected chi connectivity index (χ0v) is 16.1. The Morgan fingerprint density at radius 2 is 1.86 bits per heavy atom. The molecule has 0 radical (unpaired) electrons. The molecule has 146 valence electrons. The van der Waals surface area contributed by atoms with Crippen LogP contribution >= 0.6 is 0 Å². The van der Waals surface area contributed by atoms with Crippen molar-refractivity contribution in [1.29, 1.82) is 0 Å². The molecule has 0 atom stereocenters. The van der Waals surface area contributed by atoms with Crippen LogP contribution in [0.3, 0.4) is 0 Å². The number of nitrogens with zero attached hydrogens (tertiary/aromatic N) is 1. The summed E-state index contributed by atoms with van der Waals surface area (Å²) in [5, 5.41) is 3.72. The molecule has 1 saturated heterocycles. The van der Waals surface area contributed by atoms with Crippen LogP contribution in [-0.4, -0.2) is 39.3 Å². The molecule has 1 N–H and O–H groups in total. The first-order valence-corrected chi connectivity index (χ1v) is 9.43. The molecule has 2 aromatic carbocycles. The Bertz CT molecular complexity index is 956. The molecule has 0 saturated carbocycles. The Morgan fingerprint density at radius 1 is 1.11 bits per heavy atom. The van der Waals surface area contributed by atoms with Crippen molar-refractivity contribution in [3.05, 3.63) is 54.3 Å². The number of rotatable bonds is 5. The predicted molar refractivity (Wildman–Crippen MR) is 109 cm³/mol. The topological polar surface area (TPSA) is 63.9 Å². The lowest BCUT2D eigenvalue weighted by Gasteiger charge is -2.33. The van der Waals surface area contributed by atoms with Crippen molar-refractivity contribution in [1.82, 2.24) is 0 Å². The molecule has 0 unspecified atom stereocenters. The minimum Gasteiger partial charge on any atom is -0.493 e. The Kier molecular flexibility index (Phi) is 5.21. The number of benzene rings is 2. The maximum atomic E-state index is 12.6. The molecular weight excluding hydrogens is 356 g/mol. The van der Waals surface area contributed by atoms with Gasteiger partial charge >= 0.3 is 0 Å². The zero-order chi connectivity index (χ0) is 19.5. The lowest BCUT2D eigenvalue weighted by atomic mass is 10.1. The van der Waals surface area contributed by atoms with Crippen molar-refractivity contribution in [2.45, 2.75) is 18.9 Å². The van der Waals surface area contributed by atoms with Crippen molar-refractivity contribution in [3.8, 4) is 5.75 Å². The van der Waals surface area contributed by atoms with Gasteiger partial charge in [-0.05, 0) is 49.2 Å². The fourth-order valence-electron chi connectivity index (χ4n) is 3.61. The summed E-state index contributed by atoms with van der Waals surface area (Å²) in [5.41, 5.74) is 2.46. The maximum absolute atomic E-state index is 12.6. The van der Waals surface area contributed by atoms with Gasteiger partial charge in [0.1, 0.15) is 0 Å². The average Bonchev–Trinajstić information content (AvgIpc) is 3.19. The van der Waals surface area contributed by atoms with Gasteiger partial charge in [0.2, 0.25) is 0 Å². The number of methoxy groups -OCH3 is 2. The molecule has 6 nitrogen and oxygen atoms in total. The molecule has 1 amide bonds. The van der Waals surface area contributed by atoms with Crippen LogP contribution < -0.4 is 15.0 Å². The van der Waals surface area contributed by atoms with Gasteiger partial charge in [-0.3, -0.25) is 4.79 Å². The number of carbonyl (C=O) groups excluding carboxylic acids is 1. The van der Waals surface area contributed by atoms with Crippen molar-refractivity contribution in [2.24, 2.45) is 0 Å². The van der Waals surface area contributed by atoms with E-state index in [0.29, 0.717) is 17.4 Å². The highest BCUT2D eigenvalue weighted by Crippen LogP contribution is 2.29. The van der Waals surface area contributed by atoms with Gasteiger partial charge in [-0.2, -0.15) is 0 Å². The Labute approximate surface area is 164 Å². The van der Waals surface area contributed by atoms with Crippen LogP contribution in [-0.2, 0) is 4.74 Å². The molecule has 0 spiro atoms. The molecule has 0 aliphatic carbocycles. The van der Waals surface area contributed by atoms with Crippen molar-refractivity contribution >= 4 is 28.3 Å². The van der Waals surface area contributed by atoms with E-state index in [1.807, 2.05) is 42.5 Å². The lowest BCUT2D eigenvalue weighted by Crippen LogP contribution is -2.36. The molecular formula is C22H24N2O4. The first-order chi connectivity index (χ1) is 13.7. The summed E-state index contributed by atoms with van der Waals surface area (Å²) in [4.78, 5) is 14.9. The maximum Gasteiger partial charge on any atom is 0.291 e. The fourth-order valence-corrected chi connectivity index (χ4v) is 3.61. The highest BCUT2D eigenvalue weighted by atomic mass is 16.5. The number of hydrogen-bond donors (Lipinski definition) is 1. The Balaban J connectivity index is 1.44. The SMILES string of the molecule is COc1cccc2cc(C(=O)Nc3ccc(N4CCC(OC)CC4)cc3)oc12. The first kappa shape index (κ1) is 18.4. The Hall–Kier alpha value is -2.99. The van der Waals surface area contributed by atoms with E-state index >= 15 is 0 Å². The van der Waals surface area contributed by atoms with Crippen molar-refractivity contribution < 1.29 is 18.7 Å². The highest BCUT2D eigenvalue weighted by Gasteiger charge is 2.19. The van der Waals surface area contributed by atoms with Gasteiger partial charge in [-0.15, -0.1) is 0 Å². The van der Waals surface area contributed by atoms with E-state index in [9.17, 15) is 4.79 Å². The largest absolute Gasteiger partial charge is 0.493 e. The second-order valence-corrected chi connectivity index (χ2v) is 6.91. The summed E-state index contributed by atoms with van der Waals surface area (Å²) in [6.45, 7) is 1.95. The third kappa shape index (κ3) is 3.68. The van der Waals surface area contributed by atoms with Crippen LogP contribution in [0.5, 0.6) is 5.75 Å². The van der Waals surface area contributed by atoms with E-state index in [4.69, 9.17) is 13.9 Å². The van der Waals surface area contributed by atoms with Gasteiger partial charge < -0.3 is 24.1 Å². The first-order valence-electron chi connectivity index (χ1n) is 9.43. The highest BCUT2D eigenvalue weighted by molar-refractivity contribution is 6.05. The predicted octanol–water partition coefficient (Wildman–Crippen LogP) is 4.31. The molecule has 1 fully saturated rings. The van der Waals surface area contributed by atoms with Crippen LogP contribution in [0.1, 0.15) is 23.4 Å². The number of para-hydroxylation sites is 1. The van der Waals surface area contributed by atoms with Gasteiger partial charge in [-0.1, -0.05) is 12.1 Å². The second kappa shape index (κ2) is 7.94. The number of anilines is 2. The van der Waals surface area contributed by atoms with Gasteiger partial charge in [0, 0.05) is 37.0 Å². The third-order valence-corrected chi connectivity index (χ3v) is 5.22. The van der Waals surface area contributed by atoms with Gasteiger partial charge in [0.05, 0.1) is 13.2 Å². The number of carbonyl (C=O) groups is 1. The summed E-state index contributed by atoms with van der Waals surface area (Å²) in [6.07, 6.45) is 2.42. The van der Waals surface area contributed by atoms with Crippen LogP contribution in [0.2, 0.25) is 0 Å². The third-order valence-electron chi connectivity index (χ3n) is 5.22. The number of amides is 1. The van der Waals surface area contributed by atoms with Crippen LogP contribution in [0.25, 0.3) is 11.0 Å². The van der Waals surface area contributed by atoms with Gasteiger partial charge in [0.25, 0.3) is 5.91 Å². The van der Waals surface area contributed by atoms with E-state index in [-0.39, 0.29) is 11.7 Å². The number of hydrogen-bond acceptors (Lipinski definition) is 5. The molecule has 0 bridgehead atoms. The van der Waals surface area contributed by atoms with Crippen LogP contribution in [0, 0.1) is 0 Å². The normalized spacial score (nSPS) is 15.0. The van der Waals surface area contributed by atoms with E-state index in [1.165, 1.54) is 0 Å². The lowest BCUT2D eigenvalue weighted by molar-refractivity contribution is 0.0819. The second-order valence-electron chi connectivity index (χ2n) is 6.91. The minimum absolute atomic E-state index is 0.255. The van der Waals surface area contributed by atoms with Crippen LogP contribution in [0.4, 0.5) is 11.4 Å². The number of nitrogens with one attached hydrogen (secondary N) is 1. The Morgan fingerprint density at radius 3 is 2.54 bits per heavy atom. The summed E-state index contributed by atoms with van der Waals surface area (Å²) in [7, 11) is 3.35. The summed E-state index contributed by atoms with van der Waals surface area (Å²) in [5.74, 6) is 0.579. The summed E-state index contributed by atoms with van der Waals surface area (Å²) >= 11 is 0. The summed E-state index contributed by atoms with van der Waals surface area (Å²) in [6, 6.07) is 15.2. The molecule has 1 aromatic heterocycles. The molecule has 3 aromatic rings. The quantitative estimate of drug-likeness (QED) is 0.715. The number of ether oxygens (including phenoxy) is 2. The fraction of sp³-hybridized carbons (Fsp3) is 0.318. The monoisotopic (exact) mass is 380 g/mol. The molecule has 28 heavy (non-hydrogen) atoms. The molecule has 2 heterocycles. The van der Waals surface area contributed by atoms with E-state index in [0.717, 1.165) is 42.7 Å². The molecule has 4 rings (SSSR count).